The summed E-state index contributed by atoms with van der Waals surface area (Å²) in [6.07, 6.45) is 1.70. The lowest BCUT2D eigenvalue weighted by Crippen LogP contribution is -2.16. The van der Waals surface area contributed by atoms with E-state index in [1.54, 1.807) is 30.2 Å². The zero-order valence-electron chi connectivity index (χ0n) is 8.88. The van der Waals surface area contributed by atoms with E-state index in [0.717, 1.165) is 0 Å². The second-order valence-corrected chi connectivity index (χ2v) is 3.24. The lowest BCUT2D eigenvalue weighted by Gasteiger charge is -2.16. The van der Waals surface area contributed by atoms with Crippen LogP contribution in [-0.4, -0.2) is 18.5 Å². The average Bonchev–Trinajstić information content (AvgIpc) is 2.28. The van der Waals surface area contributed by atoms with Gasteiger partial charge in [0.2, 0.25) is 0 Å². The van der Waals surface area contributed by atoms with E-state index in [2.05, 4.69) is 6.58 Å². The van der Waals surface area contributed by atoms with Crippen molar-refractivity contribution in [1.82, 2.24) is 0 Å². The van der Waals surface area contributed by atoms with Crippen LogP contribution in [0.2, 0.25) is 0 Å². The molecule has 1 aromatic carbocycles. The van der Waals surface area contributed by atoms with Crippen LogP contribution in [-0.2, 0) is 0 Å². The average molecular weight is 217 g/mol. The minimum Gasteiger partial charge on any atom is -0.371 e. The van der Waals surface area contributed by atoms with Gasteiger partial charge in [-0.25, -0.2) is 0 Å². The molecule has 5 nitrogen and oxygen atoms in total. The Morgan fingerprint density at radius 2 is 2.38 bits per heavy atom. The molecule has 0 amide bonds. The quantitative estimate of drug-likeness (QED) is 0.440. The van der Waals surface area contributed by atoms with Gasteiger partial charge in [-0.1, -0.05) is 6.08 Å². The van der Waals surface area contributed by atoms with Crippen LogP contribution in [0, 0.1) is 21.4 Å². The fourth-order valence-corrected chi connectivity index (χ4v) is 1.30. The van der Waals surface area contributed by atoms with Gasteiger partial charge < -0.3 is 4.90 Å². The SMILES string of the molecule is C=CCN(C)c1ccc(C#N)c([N+](=O)[O-])c1. The van der Waals surface area contributed by atoms with Gasteiger partial charge in [0, 0.05) is 25.3 Å². The normalized spacial score (nSPS) is 9.25. The van der Waals surface area contributed by atoms with E-state index in [4.69, 9.17) is 5.26 Å². The third-order valence-corrected chi connectivity index (χ3v) is 2.14. The van der Waals surface area contributed by atoms with Crippen molar-refractivity contribution in [2.24, 2.45) is 0 Å². The minimum absolute atomic E-state index is 0.0701. The summed E-state index contributed by atoms with van der Waals surface area (Å²) in [5.41, 5.74) is 0.585. The van der Waals surface area contributed by atoms with Gasteiger partial charge in [-0.3, -0.25) is 10.1 Å². The van der Waals surface area contributed by atoms with Gasteiger partial charge in [0.15, 0.2) is 0 Å². The molecule has 0 aliphatic rings. The molecule has 0 aromatic heterocycles. The van der Waals surface area contributed by atoms with Gasteiger partial charge in [0.1, 0.15) is 11.6 Å². The highest BCUT2D eigenvalue weighted by atomic mass is 16.6. The van der Waals surface area contributed by atoms with Crippen LogP contribution in [0.3, 0.4) is 0 Å². The Bertz CT molecular complexity index is 463. The Hall–Kier alpha value is -2.35. The van der Waals surface area contributed by atoms with Crippen LogP contribution in [0.5, 0.6) is 0 Å². The fourth-order valence-electron chi connectivity index (χ4n) is 1.30. The molecule has 0 radical (unpaired) electrons. The summed E-state index contributed by atoms with van der Waals surface area (Å²) in [6.45, 7) is 4.18. The molecular weight excluding hydrogens is 206 g/mol. The number of nitrogens with zero attached hydrogens (tertiary/aromatic N) is 3. The first-order valence-corrected chi connectivity index (χ1v) is 4.60. The molecule has 5 heteroatoms. The van der Waals surface area contributed by atoms with E-state index in [1.807, 2.05) is 0 Å². The molecule has 0 unspecified atom stereocenters. The molecule has 1 aromatic rings. The second kappa shape index (κ2) is 4.94. The van der Waals surface area contributed by atoms with Crippen molar-refractivity contribution < 1.29 is 4.92 Å². The third kappa shape index (κ3) is 2.36. The van der Waals surface area contributed by atoms with Crippen molar-refractivity contribution in [3.8, 4) is 6.07 Å². The first-order chi connectivity index (χ1) is 7.60. The zero-order valence-corrected chi connectivity index (χ0v) is 8.88. The van der Waals surface area contributed by atoms with Crippen molar-refractivity contribution in [2.75, 3.05) is 18.5 Å². The maximum Gasteiger partial charge on any atom is 0.289 e. The molecule has 0 heterocycles. The van der Waals surface area contributed by atoms with Crippen LogP contribution in [0.15, 0.2) is 30.9 Å². The van der Waals surface area contributed by atoms with Crippen molar-refractivity contribution in [3.05, 3.63) is 46.5 Å². The lowest BCUT2D eigenvalue weighted by molar-refractivity contribution is -0.385. The summed E-state index contributed by atoms with van der Waals surface area (Å²) in [6, 6.07) is 6.31. The van der Waals surface area contributed by atoms with Gasteiger partial charge >= 0.3 is 0 Å². The van der Waals surface area contributed by atoms with Crippen LogP contribution >= 0.6 is 0 Å². The van der Waals surface area contributed by atoms with Gasteiger partial charge in [-0.2, -0.15) is 5.26 Å². The standard InChI is InChI=1S/C11H11N3O2/c1-3-6-13(2)10-5-4-9(8-12)11(7-10)14(15)16/h3-5,7H,1,6H2,2H3. The molecule has 0 saturated heterocycles. The van der Waals surface area contributed by atoms with Crippen molar-refractivity contribution in [1.29, 1.82) is 5.26 Å². The molecule has 0 atom stereocenters. The summed E-state index contributed by atoms with van der Waals surface area (Å²) in [5.74, 6) is 0. The number of anilines is 1. The first-order valence-electron chi connectivity index (χ1n) is 4.60. The summed E-state index contributed by atoms with van der Waals surface area (Å²) < 4.78 is 0. The van der Waals surface area contributed by atoms with E-state index in [-0.39, 0.29) is 11.3 Å². The van der Waals surface area contributed by atoms with Gasteiger partial charge in [0.25, 0.3) is 5.69 Å². The maximum atomic E-state index is 10.7. The highest BCUT2D eigenvalue weighted by molar-refractivity contribution is 5.60. The van der Waals surface area contributed by atoms with E-state index < -0.39 is 4.92 Å². The zero-order chi connectivity index (χ0) is 12.1. The summed E-state index contributed by atoms with van der Waals surface area (Å²) in [4.78, 5) is 12.0. The van der Waals surface area contributed by atoms with Crippen molar-refractivity contribution in [2.45, 2.75) is 0 Å². The van der Waals surface area contributed by atoms with Crippen LogP contribution < -0.4 is 4.90 Å². The summed E-state index contributed by atoms with van der Waals surface area (Å²) in [5, 5.41) is 19.4. The van der Waals surface area contributed by atoms with Crippen LogP contribution in [0.4, 0.5) is 11.4 Å². The Labute approximate surface area is 93.4 Å². The number of benzene rings is 1. The van der Waals surface area contributed by atoms with Crippen molar-refractivity contribution in [3.63, 3.8) is 0 Å². The monoisotopic (exact) mass is 217 g/mol. The van der Waals surface area contributed by atoms with E-state index >= 15 is 0 Å². The molecule has 0 saturated carbocycles. The molecule has 0 N–H and O–H groups in total. The largest absolute Gasteiger partial charge is 0.371 e. The molecular formula is C11H11N3O2. The Morgan fingerprint density at radius 3 is 2.88 bits per heavy atom. The third-order valence-electron chi connectivity index (χ3n) is 2.14. The highest BCUT2D eigenvalue weighted by Crippen LogP contribution is 2.24. The predicted molar refractivity (Wildman–Crippen MR) is 61.3 cm³/mol. The van der Waals surface area contributed by atoms with Gasteiger partial charge in [-0.15, -0.1) is 6.58 Å². The second-order valence-electron chi connectivity index (χ2n) is 3.24. The number of nitro groups is 1. The first kappa shape index (κ1) is 11.7. The Kier molecular flexibility index (Phi) is 3.62. The summed E-state index contributed by atoms with van der Waals surface area (Å²) >= 11 is 0. The number of likely N-dealkylation sites (N-methyl/N-ethyl adjacent to an activating group) is 1. The summed E-state index contributed by atoms with van der Waals surface area (Å²) in [7, 11) is 1.80. The minimum atomic E-state index is -0.552. The topological polar surface area (TPSA) is 70.2 Å². The molecule has 0 aliphatic heterocycles. The molecule has 82 valence electrons. The smallest absolute Gasteiger partial charge is 0.289 e. The molecule has 16 heavy (non-hydrogen) atoms. The maximum absolute atomic E-state index is 10.7. The number of hydrogen-bond donors (Lipinski definition) is 0. The van der Waals surface area contributed by atoms with E-state index in [1.165, 1.54) is 12.1 Å². The Balaban J connectivity index is 3.17. The van der Waals surface area contributed by atoms with Crippen LogP contribution in [0.25, 0.3) is 0 Å². The van der Waals surface area contributed by atoms with E-state index in [9.17, 15) is 10.1 Å². The fraction of sp³-hybridized carbons (Fsp3) is 0.182. The van der Waals surface area contributed by atoms with Crippen molar-refractivity contribution >= 4 is 11.4 Å². The molecule has 0 fully saturated rings. The number of rotatable bonds is 4. The predicted octanol–water partition coefficient (Wildman–Crippen LogP) is 2.09. The number of nitro benzene ring substituents is 1. The molecule has 0 bridgehead atoms. The van der Waals surface area contributed by atoms with Crippen LogP contribution in [0.1, 0.15) is 5.56 Å². The lowest BCUT2D eigenvalue weighted by atomic mass is 10.1. The molecule has 0 spiro atoms. The Morgan fingerprint density at radius 1 is 1.69 bits per heavy atom. The highest BCUT2D eigenvalue weighted by Gasteiger charge is 2.15. The molecule has 0 aliphatic carbocycles. The molecule has 1 rings (SSSR count). The number of nitriles is 1. The van der Waals surface area contributed by atoms with Gasteiger partial charge in [-0.05, 0) is 12.1 Å². The van der Waals surface area contributed by atoms with Gasteiger partial charge in [0.05, 0.1) is 4.92 Å². The van der Waals surface area contributed by atoms with E-state index in [0.29, 0.717) is 12.2 Å². The number of hydrogen-bond acceptors (Lipinski definition) is 4.